The van der Waals surface area contributed by atoms with Crippen LogP contribution < -0.4 is 5.73 Å². The maximum Gasteiger partial charge on any atom is 0.416 e. The van der Waals surface area contributed by atoms with Crippen molar-refractivity contribution in [1.82, 2.24) is 0 Å². The smallest absolute Gasteiger partial charge is 0.388 e. The van der Waals surface area contributed by atoms with Crippen LogP contribution in [-0.4, -0.2) is 11.7 Å². The Labute approximate surface area is 95.8 Å². The van der Waals surface area contributed by atoms with Crippen molar-refractivity contribution >= 4 is 11.6 Å². The van der Waals surface area contributed by atoms with Crippen LogP contribution in [0.15, 0.2) is 18.2 Å². The van der Waals surface area contributed by atoms with Gasteiger partial charge < -0.3 is 10.8 Å². The van der Waals surface area contributed by atoms with Crippen molar-refractivity contribution in [2.75, 3.05) is 6.54 Å². The van der Waals surface area contributed by atoms with Crippen LogP contribution in [-0.2, 0) is 6.18 Å². The molecule has 3 N–H and O–H groups in total. The van der Waals surface area contributed by atoms with E-state index in [1.165, 1.54) is 12.1 Å². The maximum absolute atomic E-state index is 12.6. The van der Waals surface area contributed by atoms with Crippen LogP contribution >= 0.6 is 11.6 Å². The number of aliphatic hydroxyl groups is 1. The van der Waals surface area contributed by atoms with Gasteiger partial charge >= 0.3 is 6.18 Å². The average Bonchev–Trinajstić information content (AvgIpc) is 2.16. The second-order valence-electron chi connectivity index (χ2n) is 3.32. The van der Waals surface area contributed by atoms with Gasteiger partial charge in [0.25, 0.3) is 0 Å². The monoisotopic (exact) mass is 253 g/mol. The lowest BCUT2D eigenvalue weighted by Crippen LogP contribution is -2.14. The summed E-state index contributed by atoms with van der Waals surface area (Å²) < 4.78 is 37.9. The number of halogens is 4. The third-order valence-electron chi connectivity index (χ3n) is 2.12. The topological polar surface area (TPSA) is 46.2 Å². The Hall–Kier alpha value is -0.780. The molecular weight excluding hydrogens is 243 g/mol. The molecule has 0 aromatic heterocycles. The number of hydrogen-bond acceptors (Lipinski definition) is 2. The molecular formula is C10H11ClF3NO. The predicted molar refractivity (Wildman–Crippen MR) is 55.1 cm³/mol. The van der Waals surface area contributed by atoms with Gasteiger partial charge in [-0.3, -0.25) is 0 Å². The van der Waals surface area contributed by atoms with Gasteiger partial charge in [0, 0.05) is 5.02 Å². The molecule has 0 saturated heterocycles. The Balaban J connectivity index is 3.18. The van der Waals surface area contributed by atoms with Crippen molar-refractivity contribution in [3.63, 3.8) is 0 Å². The van der Waals surface area contributed by atoms with Crippen LogP contribution in [0.25, 0.3) is 0 Å². The van der Waals surface area contributed by atoms with E-state index in [4.69, 9.17) is 17.3 Å². The van der Waals surface area contributed by atoms with Gasteiger partial charge in [-0.2, -0.15) is 13.2 Å². The van der Waals surface area contributed by atoms with Crippen LogP contribution in [0.2, 0.25) is 5.02 Å². The van der Waals surface area contributed by atoms with Crippen molar-refractivity contribution in [1.29, 1.82) is 0 Å². The molecule has 0 aliphatic rings. The second-order valence-corrected chi connectivity index (χ2v) is 3.76. The van der Waals surface area contributed by atoms with Crippen LogP contribution in [0.1, 0.15) is 23.7 Å². The van der Waals surface area contributed by atoms with Crippen molar-refractivity contribution in [3.05, 3.63) is 34.3 Å². The summed E-state index contributed by atoms with van der Waals surface area (Å²) in [6, 6.07) is 3.29. The molecule has 1 aromatic carbocycles. The van der Waals surface area contributed by atoms with E-state index < -0.39 is 17.8 Å². The lowest BCUT2D eigenvalue weighted by molar-refractivity contribution is -0.139. The number of hydrogen-bond donors (Lipinski definition) is 2. The zero-order valence-corrected chi connectivity index (χ0v) is 9.02. The summed E-state index contributed by atoms with van der Waals surface area (Å²) in [6.45, 7) is 0.112. The summed E-state index contributed by atoms with van der Waals surface area (Å²) in [6.07, 6.45) is -5.68. The van der Waals surface area contributed by atoms with Gasteiger partial charge in [0.05, 0.1) is 11.7 Å². The molecule has 0 unspecified atom stereocenters. The fraction of sp³-hybridized carbons (Fsp3) is 0.400. The lowest BCUT2D eigenvalue weighted by atomic mass is 10.00. The molecule has 16 heavy (non-hydrogen) atoms. The van der Waals surface area contributed by atoms with E-state index in [9.17, 15) is 18.3 Å². The maximum atomic E-state index is 12.6. The Morgan fingerprint density at radius 1 is 1.38 bits per heavy atom. The second kappa shape index (κ2) is 5.03. The summed E-state index contributed by atoms with van der Waals surface area (Å²) in [4.78, 5) is 0. The van der Waals surface area contributed by atoms with Gasteiger partial charge in [0.15, 0.2) is 0 Å². The SMILES string of the molecule is NCC[C@@H](O)c1ccc(Cl)cc1C(F)(F)F. The van der Waals surface area contributed by atoms with E-state index in [0.29, 0.717) is 0 Å². The van der Waals surface area contributed by atoms with Gasteiger partial charge in [-0.25, -0.2) is 0 Å². The minimum atomic E-state index is -4.53. The standard InChI is InChI=1S/C10H11ClF3NO/c11-6-1-2-7(9(16)3-4-15)8(5-6)10(12,13)14/h1-2,5,9,16H,3-4,15H2/t9-/m1/s1. The minimum Gasteiger partial charge on any atom is -0.388 e. The summed E-state index contributed by atoms with van der Waals surface area (Å²) in [5, 5.41) is 9.51. The van der Waals surface area contributed by atoms with Crippen LogP contribution in [0.5, 0.6) is 0 Å². The normalized spacial score (nSPS) is 13.9. The Kier molecular flexibility index (Phi) is 4.18. The van der Waals surface area contributed by atoms with Crippen molar-refractivity contribution in [2.45, 2.75) is 18.7 Å². The van der Waals surface area contributed by atoms with Crippen LogP contribution in [0, 0.1) is 0 Å². The molecule has 0 spiro atoms. The highest BCUT2D eigenvalue weighted by molar-refractivity contribution is 6.30. The Morgan fingerprint density at radius 3 is 2.50 bits per heavy atom. The first-order chi connectivity index (χ1) is 7.36. The molecule has 0 aliphatic carbocycles. The van der Waals surface area contributed by atoms with Crippen molar-refractivity contribution < 1.29 is 18.3 Å². The largest absolute Gasteiger partial charge is 0.416 e. The van der Waals surface area contributed by atoms with Crippen LogP contribution in [0.4, 0.5) is 13.2 Å². The summed E-state index contributed by atoms with van der Waals surface area (Å²) in [5.74, 6) is 0. The molecule has 0 aliphatic heterocycles. The first-order valence-corrected chi connectivity index (χ1v) is 4.99. The number of benzene rings is 1. The fourth-order valence-electron chi connectivity index (χ4n) is 1.38. The summed E-state index contributed by atoms with van der Waals surface area (Å²) in [5.41, 5.74) is 4.08. The Morgan fingerprint density at radius 2 is 2.00 bits per heavy atom. The third kappa shape index (κ3) is 3.10. The molecule has 0 amide bonds. The highest BCUT2D eigenvalue weighted by atomic mass is 35.5. The van der Waals surface area contributed by atoms with E-state index >= 15 is 0 Å². The molecule has 0 heterocycles. The van der Waals surface area contributed by atoms with E-state index in [2.05, 4.69) is 0 Å². The first-order valence-electron chi connectivity index (χ1n) is 4.61. The van der Waals surface area contributed by atoms with E-state index in [1.807, 2.05) is 0 Å². The molecule has 1 atom stereocenters. The average molecular weight is 254 g/mol. The molecule has 6 heteroatoms. The molecule has 0 radical (unpaired) electrons. The van der Waals surface area contributed by atoms with Gasteiger partial charge in [-0.15, -0.1) is 0 Å². The molecule has 1 aromatic rings. The Bertz CT molecular complexity index is 368. The number of rotatable bonds is 3. The van der Waals surface area contributed by atoms with E-state index in [0.717, 1.165) is 6.07 Å². The van der Waals surface area contributed by atoms with E-state index in [-0.39, 0.29) is 23.6 Å². The number of alkyl halides is 3. The summed E-state index contributed by atoms with van der Waals surface area (Å²) >= 11 is 5.50. The summed E-state index contributed by atoms with van der Waals surface area (Å²) in [7, 11) is 0. The zero-order chi connectivity index (χ0) is 12.3. The molecule has 1 rings (SSSR count). The first kappa shape index (κ1) is 13.3. The fourth-order valence-corrected chi connectivity index (χ4v) is 1.55. The minimum absolute atomic E-state index is 0.0176. The number of nitrogens with two attached hydrogens (primary N) is 1. The predicted octanol–water partition coefficient (Wildman–Crippen LogP) is 2.74. The highest BCUT2D eigenvalue weighted by Crippen LogP contribution is 2.36. The van der Waals surface area contributed by atoms with Gasteiger partial charge in [0.1, 0.15) is 0 Å². The quantitative estimate of drug-likeness (QED) is 0.870. The molecule has 90 valence electrons. The van der Waals surface area contributed by atoms with E-state index in [1.54, 1.807) is 0 Å². The van der Waals surface area contributed by atoms with Crippen molar-refractivity contribution in [2.24, 2.45) is 5.73 Å². The van der Waals surface area contributed by atoms with Gasteiger partial charge in [0.2, 0.25) is 0 Å². The molecule has 2 nitrogen and oxygen atoms in total. The van der Waals surface area contributed by atoms with Crippen LogP contribution in [0.3, 0.4) is 0 Å². The van der Waals surface area contributed by atoms with Gasteiger partial charge in [-0.1, -0.05) is 17.7 Å². The molecule has 0 fully saturated rings. The van der Waals surface area contributed by atoms with Gasteiger partial charge in [-0.05, 0) is 30.7 Å². The van der Waals surface area contributed by atoms with Crippen molar-refractivity contribution in [3.8, 4) is 0 Å². The molecule has 0 saturated carbocycles. The highest BCUT2D eigenvalue weighted by Gasteiger charge is 2.35. The molecule has 0 bridgehead atoms. The third-order valence-corrected chi connectivity index (χ3v) is 2.35. The zero-order valence-electron chi connectivity index (χ0n) is 8.26. The number of aliphatic hydroxyl groups excluding tert-OH is 1. The lowest BCUT2D eigenvalue weighted by Gasteiger charge is -2.17.